The molecule has 2 N–H and O–H groups in total. The van der Waals surface area contributed by atoms with Crippen LogP contribution in [0.1, 0.15) is 25.5 Å². The number of ether oxygens (including phenoxy) is 1. The maximum atomic E-state index is 13.7. The van der Waals surface area contributed by atoms with Gasteiger partial charge in [0.25, 0.3) is 0 Å². The van der Waals surface area contributed by atoms with Gasteiger partial charge in [0.1, 0.15) is 36.0 Å². The number of nitrogens with one attached hydrogen (secondary N) is 2. The third-order valence-electron chi connectivity index (χ3n) is 3.56. The van der Waals surface area contributed by atoms with Crippen molar-refractivity contribution in [3.05, 3.63) is 53.8 Å². The molecule has 5 nitrogen and oxygen atoms in total. The Bertz CT molecular complexity index is 713. The molecule has 0 saturated carbocycles. The van der Waals surface area contributed by atoms with Gasteiger partial charge in [-0.05, 0) is 44.2 Å². The average Bonchev–Trinajstić information content (AvgIpc) is 2.56. The fraction of sp³-hybridized carbons (Fsp3) is 0.333. The summed E-state index contributed by atoms with van der Waals surface area (Å²) in [4.78, 5) is 6.18. The number of halogens is 2. The second-order valence-corrected chi connectivity index (χ2v) is 5.76. The largest absolute Gasteiger partial charge is 0.490 e. The Morgan fingerprint density at radius 2 is 2.16 bits per heavy atom. The number of nitrogens with zero attached hydrogens (tertiary/aromatic N) is 2. The van der Waals surface area contributed by atoms with E-state index in [1.165, 1.54) is 25.1 Å². The van der Waals surface area contributed by atoms with Crippen LogP contribution < -0.4 is 10.1 Å². The first-order chi connectivity index (χ1) is 11.9. The smallest absolute Gasteiger partial charge is 0.136 e. The van der Waals surface area contributed by atoms with E-state index in [1.807, 2.05) is 20.2 Å². The lowest BCUT2D eigenvalue weighted by molar-refractivity contribution is 0.207. The third-order valence-corrected chi connectivity index (χ3v) is 3.56. The van der Waals surface area contributed by atoms with Crippen molar-refractivity contribution < 1.29 is 13.5 Å². The van der Waals surface area contributed by atoms with E-state index in [0.717, 1.165) is 6.21 Å². The minimum atomic E-state index is -1.11. The Morgan fingerprint density at radius 1 is 1.40 bits per heavy atom. The minimum Gasteiger partial charge on any atom is -0.490 e. The zero-order chi connectivity index (χ0) is 18.4. The van der Waals surface area contributed by atoms with Gasteiger partial charge in [-0.1, -0.05) is 0 Å². The Labute approximate surface area is 146 Å². The lowest BCUT2D eigenvalue weighted by Crippen LogP contribution is -2.29. The van der Waals surface area contributed by atoms with Crippen LogP contribution in [-0.4, -0.2) is 36.8 Å². The van der Waals surface area contributed by atoms with Crippen LogP contribution in [0.15, 0.2) is 47.4 Å². The predicted octanol–water partition coefficient (Wildman–Crippen LogP) is 3.56. The molecule has 0 saturated heterocycles. The molecule has 25 heavy (non-hydrogen) atoms. The first-order valence-electron chi connectivity index (χ1n) is 7.94. The van der Waals surface area contributed by atoms with E-state index in [9.17, 15) is 8.78 Å². The van der Waals surface area contributed by atoms with E-state index < -0.39 is 12.0 Å². The molecule has 2 rings (SSSR count). The fourth-order valence-corrected chi connectivity index (χ4v) is 2.30. The number of aliphatic imine (C=N–C) groups is 1. The van der Waals surface area contributed by atoms with Crippen LogP contribution in [-0.2, 0) is 0 Å². The van der Waals surface area contributed by atoms with Gasteiger partial charge in [-0.3, -0.25) is 0 Å². The topological polar surface area (TPSA) is 60.7 Å². The zero-order valence-corrected chi connectivity index (χ0v) is 14.5. The quantitative estimate of drug-likeness (QED) is 0.773. The van der Waals surface area contributed by atoms with Gasteiger partial charge in [0.05, 0.1) is 6.04 Å². The lowest BCUT2D eigenvalue weighted by Gasteiger charge is -2.23. The number of allylic oxidation sites excluding steroid dienone is 1. The van der Waals surface area contributed by atoms with Crippen molar-refractivity contribution in [3.63, 3.8) is 0 Å². The maximum absolute atomic E-state index is 13.7. The van der Waals surface area contributed by atoms with E-state index >= 15 is 0 Å². The Kier molecular flexibility index (Phi) is 6.27. The summed E-state index contributed by atoms with van der Waals surface area (Å²) in [6.07, 6.45) is 5.20. The van der Waals surface area contributed by atoms with Gasteiger partial charge in [-0.15, -0.1) is 0 Å². The number of rotatable bonds is 6. The molecule has 1 unspecified atom stereocenters. The van der Waals surface area contributed by atoms with Crippen LogP contribution in [0.3, 0.4) is 0 Å². The highest BCUT2D eigenvalue weighted by Crippen LogP contribution is 2.27. The number of hydrogen-bond acceptors (Lipinski definition) is 5. The van der Waals surface area contributed by atoms with Crippen LogP contribution in [0.5, 0.6) is 5.75 Å². The van der Waals surface area contributed by atoms with Crippen molar-refractivity contribution in [2.75, 3.05) is 13.7 Å². The van der Waals surface area contributed by atoms with E-state index in [0.29, 0.717) is 23.0 Å². The standard InChI is InChI=1S/C18H22F2N4O/c1-12(19)11-25-16-5-4-14(20)10-15(16)13(2)22-17-7-9-24(3)18(23-17)6-8-21/h4-10,12-13,21H,11H2,1-3H3,(H,22,23)/b18-6-,21-8?/t12?,13-/m1/s1. The van der Waals surface area contributed by atoms with Gasteiger partial charge in [-0.2, -0.15) is 0 Å². The molecule has 0 radical (unpaired) electrons. The number of alkyl halides is 1. The van der Waals surface area contributed by atoms with Crippen molar-refractivity contribution in [2.45, 2.75) is 26.1 Å². The lowest BCUT2D eigenvalue weighted by atomic mass is 10.1. The minimum absolute atomic E-state index is 0.0940. The summed E-state index contributed by atoms with van der Waals surface area (Å²) < 4.78 is 32.2. The average molecular weight is 348 g/mol. The van der Waals surface area contributed by atoms with Crippen LogP contribution in [0, 0.1) is 11.2 Å². The molecule has 1 aromatic carbocycles. The monoisotopic (exact) mass is 348 g/mol. The molecule has 0 fully saturated rings. The molecule has 1 heterocycles. The van der Waals surface area contributed by atoms with Crippen LogP contribution in [0.4, 0.5) is 8.78 Å². The molecule has 0 amide bonds. The molecule has 0 spiro atoms. The summed E-state index contributed by atoms with van der Waals surface area (Å²) in [5.41, 5.74) is 0.577. The van der Waals surface area contributed by atoms with Crippen LogP contribution in [0.2, 0.25) is 0 Å². The molecule has 7 heteroatoms. The summed E-state index contributed by atoms with van der Waals surface area (Å²) >= 11 is 0. The van der Waals surface area contributed by atoms with Crippen LogP contribution in [0.25, 0.3) is 0 Å². The normalized spacial score (nSPS) is 17.9. The SMILES string of the molecule is CC(F)COc1ccc(F)cc1[C@@H](C)NC1=N/C(=C/C=N)N(C)C=C1. The number of benzene rings is 1. The molecule has 0 aromatic heterocycles. The summed E-state index contributed by atoms with van der Waals surface area (Å²) in [7, 11) is 1.83. The maximum Gasteiger partial charge on any atom is 0.136 e. The van der Waals surface area contributed by atoms with E-state index in [-0.39, 0.29) is 12.6 Å². The van der Waals surface area contributed by atoms with Gasteiger partial charge < -0.3 is 20.4 Å². The molecule has 1 aliphatic rings. The molecular weight excluding hydrogens is 326 g/mol. The van der Waals surface area contributed by atoms with Gasteiger partial charge in [0.2, 0.25) is 0 Å². The molecule has 1 aromatic rings. The second kappa shape index (κ2) is 8.41. The van der Waals surface area contributed by atoms with Crippen molar-refractivity contribution in [2.24, 2.45) is 4.99 Å². The molecular formula is C18H22F2N4O. The predicted molar refractivity (Wildman–Crippen MR) is 95.2 cm³/mol. The highest BCUT2D eigenvalue weighted by molar-refractivity contribution is 5.95. The highest BCUT2D eigenvalue weighted by Gasteiger charge is 2.16. The molecule has 0 aliphatic carbocycles. The molecule has 2 atom stereocenters. The van der Waals surface area contributed by atoms with Crippen molar-refractivity contribution in [1.29, 1.82) is 5.41 Å². The Balaban J connectivity index is 2.20. The van der Waals surface area contributed by atoms with E-state index in [1.54, 1.807) is 17.1 Å². The molecule has 1 aliphatic heterocycles. The Hall–Kier alpha value is -2.70. The first kappa shape index (κ1) is 18.6. The number of hydrogen-bond donors (Lipinski definition) is 2. The fourth-order valence-electron chi connectivity index (χ4n) is 2.30. The second-order valence-electron chi connectivity index (χ2n) is 5.76. The van der Waals surface area contributed by atoms with E-state index in [2.05, 4.69) is 10.3 Å². The van der Waals surface area contributed by atoms with Gasteiger partial charge >= 0.3 is 0 Å². The third kappa shape index (κ3) is 5.14. The highest BCUT2D eigenvalue weighted by atomic mass is 19.1. The van der Waals surface area contributed by atoms with Crippen molar-refractivity contribution in [1.82, 2.24) is 10.2 Å². The number of amidine groups is 1. The summed E-state index contributed by atoms with van der Waals surface area (Å²) in [5.74, 6) is 1.22. The zero-order valence-electron chi connectivity index (χ0n) is 14.5. The first-order valence-corrected chi connectivity index (χ1v) is 7.94. The molecule has 134 valence electrons. The van der Waals surface area contributed by atoms with Crippen LogP contribution >= 0.6 is 0 Å². The van der Waals surface area contributed by atoms with E-state index in [4.69, 9.17) is 10.1 Å². The molecule has 0 bridgehead atoms. The van der Waals surface area contributed by atoms with Crippen molar-refractivity contribution >= 4 is 12.1 Å². The summed E-state index contributed by atoms with van der Waals surface area (Å²) in [5, 5.41) is 10.4. The van der Waals surface area contributed by atoms with Gasteiger partial charge in [0, 0.05) is 25.0 Å². The summed E-state index contributed by atoms with van der Waals surface area (Å²) in [6, 6.07) is 3.84. The van der Waals surface area contributed by atoms with Gasteiger partial charge in [-0.25, -0.2) is 13.8 Å². The van der Waals surface area contributed by atoms with Crippen molar-refractivity contribution in [3.8, 4) is 5.75 Å². The van der Waals surface area contributed by atoms with Gasteiger partial charge in [0.15, 0.2) is 0 Å². The Morgan fingerprint density at radius 3 is 2.84 bits per heavy atom. The summed E-state index contributed by atoms with van der Waals surface area (Å²) in [6.45, 7) is 3.15.